The molecule has 0 unspecified atom stereocenters. The maximum atomic E-state index is 12.0. The van der Waals surface area contributed by atoms with Gasteiger partial charge in [0.05, 0.1) is 11.9 Å². The van der Waals surface area contributed by atoms with Crippen LogP contribution in [0.2, 0.25) is 5.02 Å². The molecule has 0 aliphatic heterocycles. The molecule has 3 rings (SSSR count). The molecule has 0 fully saturated rings. The summed E-state index contributed by atoms with van der Waals surface area (Å²) in [7, 11) is 0. The number of nitrogens with one attached hydrogen (secondary N) is 2. The minimum absolute atomic E-state index is 0.00418. The quantitative estimate of drug-likeness (QED) is 0.567. The summed E-state index contributed by atoms with van der Waals surface area (Å²) in [6, 6.07) is 17.4. The van der Waals surface area contributed by atoms with Crippen molar-refractivity contribution in [2.24, 2.45) is 0 Å². The lowest BCUT2D eigenvalue weighted by Crippen LogP contribution is -2.20. The van der Waals surface area contributed by atoms with Crippen molar-refractivity contribution in [1.82, 2.24) is 4.98 Å². The normalized spacial score (nSPS) is 10.2. The third kappa shape index (κ3) is 5.56. The highest BCUT2D eigenvalue weighted by atomic mass is 35.5. The standard InChI is InChI=1S/C21H18ClN3O3/c1-14(26)15-3-2-4-17(11-15)24-20-10-7-18(12-23-20)25-21(27)13-28-19-8-5-16(22)6-9-19/h2-12H,13H2,1H3,(H,23,24)(H,25,27). The smallest absolute Gasteiger partial charge is 0.262 e. The van der Waals surface area contributed by atoms with Crippen molar-refractivity contribution < 1.29 is 14.3 Å². The summed E-state index contributed by atoms with van der Waals surface area (Å²) in [5.41, 5.74) is 1.93. The van der Waals surface area contributed by atoms with Gasteiger partial charge in [0.2, 0.25) is 0 Å². The van der Waals surface area contributed by atoms with Gasteiger partial charge < -0.3 is 15.4 Å². The first-order valence-electron chi connectivity index (χ1n) is 8.52. The fourth-order valence-electron chi connectivity index (χ4n) is 2.38. The molecule has 142 valence electrons. The first-order valence-corrected chi connectivity index (χ1v) is 8.90. The predicted molar refractivity (Wildman–Crippen MR) is 110 cm³/mol. The molecule has 3 aromatic rings. The average Bonchev–Trinajstić information content (AvgIpc) is 2.69. The lowest BCUT2D eigenvalue weighted by atomic mass is 10.1. The van der Waals surface area contributed by atoms with E-state index in [9.17, 15) is 9.59 Å². The van der Waals surface area contributed by atoms with Gasteiger partial charge in [0, 0.05) is 16.3 Å². The number of ketones is 1. The summed E-state index contributed by atoms with van der Waals surface area (Å²) >= 11 is 5.81. The van der Waals surface area contributed by atoms with Crippen LogP contribution in [-0.4, -0.2) is 23.3 Å². The van der Waals surface area contributed by atoms with Gasteiger partial charge >= 0.3 is 0 Å². The Labute approximate surface area is 167 Å². The molecule has 0 aliphatic rings. The fourth-order valence-corrected chi connectivity index (χ4v) is 2.51. The van der Waals surface area contributed by atoms with Crippen molar-refractivity contribution >= 4 is 40.5 Å². The van der Waals surface area contributed by atoms with E-state index in [0.717, 1.165) is 5.69 Å². The van der Waals surface area contributed by atoms with Crippen LogP contribution < -0.4 is 15.4 Å². The summed E-state index contributed by atoms with van der Waals surface area (Å²) < 4.78 is 5.40. The third-order valence-corrected chi connectivity index (χ3v) is 4.02. The number of benzene rings is 2. The number of rotatable bonds is 7. The number of nitrogens with zero attached hydrogens (tertiary/aromatic N) is 1. The predicted octanol–water partition coefficient (Wildman–Crippen LogP) is 4.70. The number of carbonyl (C=O) groups excluding carboxylic acids is 2. The van der Waals surface area contributed by atoms with Gasteiger partial charge in [0.1, 0.15) is 11.6 Å². The minimum atomic E-state index is -0.299. The molecule has 0 atom stereocenters. The van der Waals surface area contributed by atoms with Crippen LogP contribution in [0.5, 0.6) is 5.75 Å². The summed E-state index contributed by atoms with van der Waals surface area (Å²) in [6.45, 7) is 1.39. The molecule has 2 aromatic carbocycles. The van der Waals surface area contributed by atoms with E-state index in [4.69, 9.17) is 16.3 Å². The molecule has 6 nitrogen and oxygen atoms in total. The third-order valence-electron chi connectivity index (χ3n) is 3.77. The van der Waals surface area contributed by atoms with Crippen LogP contribution in [0.1, 0.15) is 17.3 Å². The van der Waals surface area contributed by atoms with Crippen LogP contribution in [0.15, 0.2) is 66.9 Å². The van der Waals surface area contributed by atoms with Crippen LogP contribution in [0.25, 0.3) is 0 Å². The Hall–Kier alpha value is -3.38. The zero-order valence-electron chi connectivity index (χ0n) is 15.1. The molecule has 0 spiro atoms. The number of ether oxygens (including phenoxy) is 1. The van der Waals surface area contributed by atoms with E-state index < -0.39 is 0 Å². The van der Waals surface area contributed by atoms with E-state index >= 15 is 0 Å². The molecular weight excluding hydrogens is 378 g/mol. The molecule has 1 aromatic heterocycles. The van der Waals surface area contributed by atoms with Crippen LogP contribution in [-0.2, 0) is 4.79 Å². The highest BCUT2D eigenvalue weighted by molar-refractivity contribution is 6.30. The number of carbonyl (C=O) groups is 2. The summed E-state index contributed by atoms with van der Waals surface area (Å²) in [6.07, 6.45) is 1.54. The lowest BCUT2D eigenvalue weighted by molar-refractivity contribution is -0.118. The highest BCUT2D eigenvalue weighted by Crippen LogP contribution is 2.18. The average molecular weight is 396 g/mol. The first kappa shape index (κ1) is 19.4. The summed E-state index contributed by atoms with van der Waals surface area (Å²) in [4.78, 5) is 27.7. The molecule has 0 radical (unpaired) electrons. The van der Waals surface area contributed by atoms with Crippen molar-refractivity contribution in [1.29, 1.82) is 0 Å². The second-order valence-electron chi connectivity index (χ2n) is 5.98. The Morgan fingerprint density at radius 1 is 1.04 bits per heavy atom. The van der Waals surface area contributed by atoms with Gasteiger partial charge in [-0.25, -0.2) is 4.98 Å². The molecule has 2 N–H and O–H groups in total. The van der Waals surface area contributed by atoms with E-state index in [1.54, 1.807) is 54.6 Å². The van der Waals surface area contributed by atoms with Crippen LogP contribution >= 0.6 is 11.6 Å². The van der Waals surface area contributed by atoms with Gasteiger partial charge in [0.25, 0.3) is 5.91 Å². The Balaban J connectivity index is 1.53. The number of aromatic nitrogens is 1. The van der Waals surface area contributed by atoms with E-state index in [-0.39, 0.29) is 18.3 Å². The molecule has 28 heavy (non-hydrogen) atoms. The molecule has 0 saturated carbocycles. The molecule has 0 bridgehead atoms. The molecule has 0 aliphatic carbocycles. The number of anilines is 3. The monoisotopic (exact) mass is 395 g/mol. The number of Topliss-reactive ketones (excluding diaryl/α,β-unsaturated/α-hetero) is 1. The second kappa shape index (κ2) is 9.01. The summed E-state index contributed by atoms with van der Waals surface area (Å²) in [5, 5.41) is 6.43. The Bertz CT molecular complexity index is 973. The zero-order chi connectivity index (χ0) is 19.9. The van der Waals surface area contributed by atoms with Gasteiger partial charge in [-0.1, -0.05) is 23.7 Å². The molecule has 0 saturated heterocycles. The van der Waals surface area contributed by atoms with Crippen LogP contribution in [0.4, 0.5) is 17.2 Å². The number of amides is 1. The van der Waals surface area contributed by atoms with E-state index in [2.05, 4.69) is 15.6 Å². The largest absolute Gasteiger partial charge is 0.484 e. The molecule has 1 heterocycles. The summed E-state index contributed by atoms with van der Waals surface area (Å²) in [5.74, 6) is 0.850. The number of pyridine rings is 1. The lowest BCUT2D eigenvalue weighted by Gasteiger charge is -2.09. The maximum absolute atomic E-state index is 12.0. The van der Waals surface area contributed by atoms with Gasteiger partial charge in [-0.3, -0.25) is 9.59 Å². The molecular formula is C21H18ClN3O3. The highest BCUT2D eigenvalue weighted by Gasteiger charge is 2.06. The molecule has 1 amide bonds. The van der Waals surface area contributed by atoms with Gasteiger partial charge in [-0.05, 0) is 55.5 Å². The fraction of sp³-hybridized carbons (Fsp3) is 0.0952. The first-order chi connectivity index (χ1) is 13.5. The van der Waals surface area contributed by atoms with Gasteiger partial charge in [-0.15, -0.1) is 0 Å². The number of hydrogen-bond acceptors (Lipinski definition) is 5. The van der Waals surface area contributed by atoms with Crippen LogP contribution in [0.3, 0.4) is 0 Å². The van der Waals surface area contributed by atoms with Crippen molar-refractivity contribution in [2.75, 3.05) is 17.2 Å². The van der Waals surface area contributed by atoms with E-state index in [1.807, 2.05) is 6.07 Å². The van der Waals surface area contributed by atoms with Gasteiger partial charge in [-0.2, -0.15) is 0 Å². The van der Waals surface area contributed by atoms with Crippen molar-refractivity contribution in [3.8, 4) is 5.75 Å². The van der Waals surface area contributed by atoms with Crippen molar-refractivity contribution in [3.05, 3.63) is 77.4 Å². The minimum Gasteiger partial charge on any atom is -0.484 e. The van der Waals surface area contributed by atoms with Gasteiger partial charge in [0.15, 0.2) is 12.4 Å². The Morgan fingerprint density at radius 2 is 1.82 bits per heavy atom. The van der Waals surface area contributed by atoms with E-state index in [1.165, 1.54) is 13.1 Å². The van der Waals surface area contributed by atoms with E-state index in [0.29, 0.717) is 27.8 Å². The van der Waals surface area contributed by atoms with Crippen molar-refractivity contribution in [3.63, 3.8) is 0 Å². The SMILES string of the molecule is CC(=O)c1cccc(Nc2ccc(NC(=O)COc3ccc(Cl)cc3)cn2)c1. The topological polar surface area (TPSA) is 80.3 Å². The number of halogens is 1. The Kier molecular flexibility index (Phi) is 6.24. The van der Waals surface area contributed by atoms with Crippen molar-refractivity contribution in [2.45, 2.75) is 6.92 Å². The number of hydrogen-bond donors (Lipinski definition) is 2. The second-order valence-corrected chi connectivity index (χ2v) is 6.42. The zero-order valence-corrected chi connectivity index (χ0v) is 15.9. The molecule has 7 heteroatoms. The maximum Gasteiger partial charge on any atom is 0.262 e. The van der Waals surface area contributed by atoms with Crippen LogP contribution in [0, 0.1) is 0 Å². The Morgan fingerprint density at radius 3 is 2.50 bits per heavy atom.